The second kappa shape index (κ2) is 9.54. The van der Waals surface area contributed by atoms with E-state index in [9.17, 15) is 4.39 Å². The SMILES string of the molecule is Cl.Cl.N#CC[C@H](c1cc(F)ccc1Br)N1CCNCC1. The van der Waals surface area contributed by atoms with Gasteiger partial charge in [-0.1, -0.05) is 15.9 Å². The molecule has 0 radical (unpaired) electrons. The Morgan fingerprint density at radius 2 is 2.00 bits per heavy atom. The summed E-state index contributed by atoms with van der Waals surface area (Å²) in [6, 6.07) is 6.82. The van der Waals surface area contributed by atoms with Crippen LogP contribution in [0.2, 0.25) is 0 Å². The Hall–Kier alpha value is -0.380. The zero-order valence-corrected chi connectivity index (χ0v) is 14.0. The summed E-state index contributed by atoms with van der Waals surface area (Å²) in [5.41, 5.74) is 0.860. The Labute approximate surface area is 139 Å². The first-order valence-corrected chi connectivity index (χ1v) is 6.78. The molecule has 7 heteroatoms. The van der Waals surface area contributed by atoms with Crippen molar-refractivity contribution in [3.63, 3.8) is 0 Å². The fourth-order valence-corrected chi connectivity index (χ4v) is 2.80. The van der Waals surface area contributed by atoms with Crippen molar-refractivity contribution < 1.29 is 4.39 Å². The van der Waals surface area contributed by atoms with Crippen molar-refractivity contribution in [1.29, 1.82) is 5.26 Å². The molecule has 1 N–H and O–H groups in total. The summed E-state index contributed by atoms with van der Waals surface area (Å²) in [4.78, 5) is 2.24. The second-order valence-electron chi connectivity index (χ2n) is 4.33. The quantitative estimate of drug-likeness (QED) is 0.868. The highest BCUT2D eigenvalue weighted by atomic mass is 79.9. The maximum absolute atomic E-state index is 13.4. The number of halogens is 4. The number of piperazine rings is 1. The van der Waals surface area contributed by atoms with E-state index in [1.165, 1.54) is 12.1 Å². The number of hydrogen-bond donors (Lipinski definition) is 1. The van der Waals surface area contributed by atoms with Crippen LogP contribution in [-0.4, -0.2) is 31.1 Å². The van der Waals surface area contributed by atoms with E-state index in [0.717, 1.165) is 36.2 Å². The van der Waals surface area contributed by atoms with E-state index in [2.05, 4.69) is 32.2 Å². The summed E-state index contributed by atoms with van der Waals surface area (Å²) in [5, 5.41) is 12.3. The Bertz CT molecular complexity index is 461. The Balaban J connectivity index is 0.00000180. The number of benzene rings is 1. The molecule has 0 bridgehead atoms. The van der Waals surface area contributed by atoms with Crippen molar-refractivity contribution in [3.05, 3.63) is 34.1 Å². The normalized spacial score (nSPS) is 16.4. The largest absolute Gasteiger partial charge is 0.314 e. The zero-order chi connectivity index (χ0) is 13.0. The minimum atomic E-state index is -0.258. The van der Waals surface area contributed by atoms with Gasteiger partial charge in [0.1, 0.15) is 5.82 Å². The molecule has 0 saturated carbocycles. The average molecular weight is 385 g/mol. The van der Waals surface area contributed by atoms with Crippen LogP contribution in [0.15, 0.2) is 22.7 Å². The van der Waals surface area contributed by atoms with Gasteiger partial charge in [0.15, 0.2) is 0 Å². The Kier molecular flexibility index (Phi) is 9.36. The lowest BCUT2D eigenvalue weighted by molar-refractivity contribution is 0.175. The highest BCUT2D eigenvalue weighted by Gasteiger charge is 2.24. The first kappa shape index (κ1) is 19.6. The molecule has 3 nitrogen and oxygen atoms in total. The Morgan fingerprint density at radius 3 is 2.60 bits per heavy atom. The molecule has 0 amide bonds. The first-order valence-electron chi connectivity index (χ1n) is 5.99. The van der Waals surface area contributed by atoms with Crippen molar-refractivity contribution in [2.45, 2.75) is 12.5 Å². The van der Waals surface area contributed by atoms with Gasteiger partial charge < -0.3 is 5.32 Å². The van der Waals surface area contributed by atoms with E-state index >= 15 is 0 Å². The predicted molar refractivity (Wildman–Crippen MR) is 86.0 cm³/mol. The van der Waals surface area contributed by atoms with Gasteiger partial charge in [0, 0.05) is 36.7 Å². The van der Waals surface area contributed by atoms with Crippen LogP contribution in [0.5, 0.6) is 0 Å². The maximum atomic E-state index is 13.4. The minimum Gasteiger partial charge on any atom is -0.314 e. The van der Waals surface area contributed by atoms with E-state index in [1.807, 2.05) is 0 Å². The van der Waals surface area contributed by atoms with Gasteiger partial charge in [0.25, 0.3) is 0 Å². The maximum Gasteiger partial charge on any atom is 0.123 e. The summed E-state index contributed by atoms with van der Waals surface area (Å²) in [7, 11) is 0. The Morgan fingerprint density at radius 1 is 1.35 bits per heavy atom. The average Bonchev–Trinajstić information content (AvgIpc) is 2.40. The molecular weight excluding hydrogens is 368 g/mol. The number of hydrogen-bond acceptors (Lipinski definition) is 3. The lowest BCUT2D eigenvalue weighted by Gasteiger charge is -2.34. The van der Waals surface area contributed by atoms with Gasteiger partial charge in [0.05, 0.1) is 12.5 Å². The van der Waals surface area contributed by atoms with Gasteiger partial charge in [0.2, 0.25) is 0 Å². The van der Waals surface area contributed by atoms with E-state index in [1.54, 1.807) is 6.07 Å². The van der Waals surface area contributed by atoms with E-state index in [-0.39, 0.29) is 36.7 Å². The number of nitrogens with zero attached hydrogens (tertiary/aromatic N) is 2. The van der Waals surface area contributed by atoms with E-state index in [4.69, 9.17) is 5.26 Å². The van der Waals surface area contributed by atoms with Crippen LogP contribution in [0, 0.1) is 17.1 Å². The van der Waals surface area contributed by atoms with Crippen LogP contribution >= 0.6 is 40.7 Å². The van der Waals surface area contributed by atoms with Crippen molar-refractivity contribution in [2.24, 2.45) is 0 Å². The highest BCUT2D eigenvalue weighted by Crippen LogP contribution is 2.31. The summed E-state index contributed by atoms with van der Waals surface area (Å²) < 4.78 is 14.2. The molecule has 0 spiro atoms. The molecule has 1 aliphatic rings. The third kappa shape index (κ3) is 4.87. The second-order valence-corrected chi connectivity index (χ2v) is 5.18. The zero-order valence-electron chi connectivity index (χ0n) is 10.8. The van der Waals surface area contributed by atoms with Crippen LogP contribution in [0.1, 0.15) is 18.0 Å². The fourth-order valence-electron chi connectivity index (χ4n) is 2.29. The smallest absolute Gasteiger partial charge is 0.123 e. The van der Waals surface area contributed by atoms with Gasteiger partial charge in [-0.25, -0.2) is 4.39 Å². The summed E-state index contributed by atoms with van der Waals surface area (Å²) in [5.74, 6) is -0.258. The molecular formula is C13H17BrCl2FN3. The van der Waals surface area contributed by atoms with Gasteiger partial charge >= 0.3 is 0 Å². The molecule has 1 saturated heterocycles. The van der Waals surface area contributed by atoms with Gasteiger partial charge in [-0.05, 0) is 23.8 Å². The molecule has 2 rings (SSSR count). The van der Waals surface area contributed by atoms with Gasteiger partial charge in [-0.2, -0.15) is 5.26 Å². The lowest BCUT2D eigenvalue weighted by Crippen LogP contribution is -2.45. The van der Waals surface area contributed by atoms with Crippen LogP contribution in [0.3, 0.4) is 0 Å². The number of nitrogens with one attached hydrogen (secondary N) is 1. The molecule has 20 heavy (non-hydrogen) atoms. The third-order valence-electron chi connectivity index (χ3n) is 3.19. The summed E-state index contributed by atoms with van der Waals surface area (Å²) in [6.07, 6.45) is 0.377. The first-order chi connectivity index (χ1) is 8.72. The monoisotopic (exact) mass is 383 g/mol. The van der Waals surface area contributed by atoms with Crippen molar-refractivity contribution in [2.75, 3.05) is 26.2 Å². The lowest BCUT2D eigenvalue weighted by atomic mass is 10.0. The molecule has 0 unspecified atom stereocenters. The van der Waals surface area contributed by atoms with Crippen molar-refractivity contribution in [3.8, 4) is 6.07 Å². The van der Waals surface area contributed by atoms with E-state index in [0.29, 0.717) is 6.42 Å². The van der Waals surface area contributed by atoms with Gasteiger partial charge in [-0.3, -0.25) is 4.90 Å². The predicted octanol–water partition coefficient (Wildman–Crippen LogP) is 3.29. The van der Waals surface area contributed by atoms with Crippen LogP contribution < -0.4 is 5.32 Å². The van der Waals surface area contributed by atoms with Crippen LogP contribution in [0.25, 0.3) is 0 Å². The highest BCUT2D eigenvalue weighted by molar-refractivity contribution is 9.10. The molecule has 1 heterocycles. The van der Waals surface area contributed by atoms with Gasteiger partial charge in [-0.15, -0.1) is 24.8 Å². The molecule has 0 aromatic heterocycles. The number of nitriles is 1. The molecule has 1 aromatic rings. The summed E-state index contributed by atoms with van der Waals surface area (Å²) >= 11 is 3.45. The standard InChI is InChI=1S/C13H15BrFN3.2ClH/c14-12-2-1-10(15)9-11(12)13(3-4-16)18-7-5-17-6-8-18;;/h1-2,9,13,17H,3,5-8H2;2*1H/t13-;;/m1../s1. The molecule has 1 aliphatic heterocycles. The molecule has 0 aliphatic carbocycles. The molecule has 1 atom stereocenters. The number of rotatable bonds is 3. The van der Waals surface area contributed by atoms with Crippen LogP contribution in [0.4, 0.5) is 4.39 Å². The van der Waals surface area contributed by atoms with Crippen molar-refractivity contribution >= 4 is 40.7 Å². The summed E-state index contributed by atoms with van der Waals surface area (Å²) in [6.45, 7) is 3.59. The molecule has 1 aromatic carbocycles. The minimum absolute atomic E-state index is 0. The van der Waals surface area contributed by atoms with E-state index < -0.39 is 0 Å². The third-order valence-corrected chi connectivity index (χ3v) is 3.92. The molecule has 1 fully saturated rings. The van der Waals surface area contributed by atoms with Crippen molar-refractivity contribution in [1.82, 2.24) is 10.2 Å². The fraction of sp³-hybridized carbons (Fsp3) is 0.462. The van der Waals surface area contributed by atoms with Crippen LogP contribution in [-0.2, 0) is 0 Å². The topological polar surface area (TPSA) is 39.1 Å². The molecule has 112 valence electrons.